The van der Waals surface area contributed by atoms with Gasteiger partial charge in [-0.05, 0) is 80.9 Å². The van der Waals surface area contributed by atoms with Crippen molar-refractivity contribution in [3.05, 3.63) is 58.7 Å². The van der Waals surface area contributed by atoms with Crippen LogP contribution in [-0.4, -0.2) is 49.9 Å². The van der Waals surface area contributed by atoms with Gasteiger partial charge in [0.25, 0.3) is 0 Å². The van der Waals surface area contributed by atoms with Crippen molar-refractivity contribution in [2.45, 2.75) is 45.6 Å². The minimum Gasteiger partial charge on any atom is -0.374 e. The van der Waals surface area contributed by atoms with E-state index in [2.05, 4.69) is 45.7 Å². The number of nitrogens with zero attached hydrogens (tertiary/aromatic N) is 2. The summed E-state index contributed by atoms with van der Waals surface area (Å²) in [5.41, 5.74) is 6.50. The summed E-state index contributed by atoms with van der Waals surface area (Å²) < 4.78 is 0. The summed E-state index contributed by atoms with van der Waals surface area (Å²) >= 11 is 0. The normalized spacial score (nSPS) is 17.0. The maximum Gasteiger partial charge on any atom is 0.313 e. The predicted molar refractivity (Wildman–Crippen MR) is 129 cm³/mol. The highest BCUT2D eigenvalue weighted by atomic mass is 16.2. The Bertz CT molecular complexity index is 977. The van der Waals surface area contributed by atoms with E-state index in [1.54, 1.807) is 0 Å². The van der Waals surface area contributed by atoms with E-state index in [0.717, 1.165) is 43.6 Å². The summed E-state index contributed by atoms with van der Waals surface area (Å²) in [7, 11) is 2.14. The molecule has 0 radical (unpaired) electrons. The van der Waals surface area contributed by atoms with Gasteiger partial charge in [-0.3, -0.25) is 14.5 Å². The van der Waals surface area contributed by atoms with E-state index < -0.39 is 11.8 Å². The number of hydrogen-bond acceptors (Lipinski definition) is 4. The molecule has 2 aromatic rings. The third-order valence-electron chi connectivity index (χ3n) is 6.80. The molecule has 2 aliphatic rings. The lowest BCUT2D eigenvalue weighted by atomic mass is 9.96. The van der Waals surface area contributed by atoms with Gasteiger partial charge in [-0.15, -0.1) is 0 Å². The zero-order chi connectivity index (χ0) is 22.7. The number of benzene rings is 2. The van der Waals surface area contributed by atoms with Crippen molar-refractivity contribution in [1.29, 1.82) is 0 Å². The Kier molecular flexibility index (Phi) is 6.80. The molecule has 170 valence electrons. The van der Waals surface area contributed by atoms with E-state index in [1.807, 2.05) is 32.0 Å². The lowest BCUT2D eigenvalue weighted by Crippen LogP contribution is -2.41. The van der Waals surface area contributed by atoms with Gasteiger partial charge >= 0.3 is 11.8 Å². The van der Waals surface area contributed by atoms with Crippen LogP contribution in [0.3, 0.4) is 0 Å². The van der Waals surface area contributed by atoms with E-state index in [0.29, 0.717) is 12.2 Å². The molecule has 0 bridgehead atoms. The molecule has 6 heteroatoms. The van der Waals surface area contributed by atoms with Crippen molar-refractivity contribution in [2.24, 2.45) is 0 Å². The molecule has 2 aliphatic heterocycles. The van der Waals surface area contributed by atoms with Crippen molar-refractivity contribution < 1.29 is 9.59 Å². The second-order valence-electron chi connectivity index (χ2n) is 9.10. The summed E-state index contributed by atoms with van der Waals surface area (Å²) in [6.45, 7) is 7.41. The van der Waals surface area contributed by atoms with Crippen LogP contribution in [-0.2, 0) is 16.0 Å². The van der Waals surface area contributed by atoms with E-state index in [1.165, 1.54) is 29.7 Å². The number of likely N-dealkylation sites (tertiary alicyclic amines) is 1. The summed E-state index contributed by atoms with van der Waals surface area (Å²) in [6.07, 6.45) is 4.59. The molecule has 4 rings (SSSR count). The van der Waals surface area contributed by atoms with Gasteiger partial charge < -0.3 is 15.5 Å². The highest BCUT2D eigenvalue weighted by molar-refractivity contribution is 6.39. The Hall–Kier alpha value is -2.86. The highest BCUT2D eigenvalue weighted by Crippen LogP contribution is 2.32. The number of amides is 2. The van der Waals surface area contributed by atoms with Gasteiger partial charge in [0, 0.05) is 31.5 Å². The number of carbonyl (C=O) groups excluding carboxylic acids is 2. The van der Waals surface area contributed by atoms with Gasteiger partial charge in [0.2, 0.25) is 0 Å². The molecule has 2 heterocycles. The molecule has 0 spiro atoms. The fourth-order valence-electron chi connectivity index (χ4n) is 4.98. The van der Waals surface area contributed by atoms with Crippen molar-refractivity contribution >= 4 is 23.2 Å². The largest absolute Gasteiger partial charge is 0.374 e. The van der Waals surface area contributed by atoms with Crippen LogP contribution >= 0.6 is 0 Å². The first-order valence-corrected chi connectivity index (χ1v) is 11.7. The first-order valence-electron chi connectivity index (χ1n) is 11.7. The van der Waals surface area contributed by atoms with E-state index >= 15 is 0 Å². The number of anilines is 2. The standard InChI is InChI=1S/C26H34N4O2/c1-18-8-6-9-19(2)24(18)28-26(32)25(31)27-17-23(30-14-4-5-15-30)21-11-12-22-20(16-21)10-7-13-29(22)3/h6,8-9,11-12,16,23H,4-5,7,10,13-15,17H2,1-3H3,(H,27,31)(H,28,32)/t23-/m0/s1. The fraction of sp³-hybridized carbons (Fsp3) is 0.462. The van der Waals surface area contributed by atoms with Crippen molar-refractivity contribution in [3.63, 3.8) is 0 Å². The molecule has 2 N–H and O–H groups in total. The van der Waals surface area contributed by atoms with Gasteiger partial charge in [-0.25, -0.2) is 0 Å². The third kappa shape index (κ3) is 4.80. The monoisotopic (exact) mass is 434 g/mol. The number of rotatable bonds is 5. The number of aryl methyl sites for hydroxylation is 3. The van der Waals surface area contributed by atoms with E-state index in [-0.39, 0.29) is 6.04 Å². The zero-order valence-corrected chi connectivity index (χ0v) is 19.4. The van der Waals surface area contributed by atoms with E-state index in [4.69, 9.17) is 0 Å². The summed E-state index contributed by atoms with van der Waals surface area (Å²) in [5.74, 6) is -1.20. The number of nitrogens with one attached hydrogen (secondary N) is 2. The maximum atomic E-state index is 12.6. The Morgan fingerprint density at radius 3 is 2.41 bits per heavy atom. The predicted octanol–water partition coefficient (Wildman–Crippen LogP) is 3.58. The van der Waals surface area contributed by atoms with Crippen LogP contribution in [0.25, 0.3) is 0 Å². The first kappa shape index (κ1) is 22.3. The van der Waals surface area contributed by atoms with Gasteiger partial charge in [-0.2, -0.15) is 0 Å². The summed E-state index contributed by atoms with van der Waals surface area (Å²) in [4.78, 5) is 30.0. The topological polar surface area (TPSA) is 64.7 Å². The molecular weight excluding hydrogens is 400 g/mol. The average molecular weight is 435 g/mol. The molecule has 1 atom stereocenters. The van der Waals surface area contributed by atoms with Gasteiger partial charge in [0.15, 0.2) is 0 Å². The average Bonchev–Trinajstić information content (AvgIpc) is 3.31. The Morgan fingerprint density at radius 2 is 1.69 bits per heavy atom. The number of hydrogen-bond donors (Lipinski definition) is 2. The SMILES string of the molecule is Cc1cccc(C)c1NC(=O)C(=O)NC[C@@H](c1ccc2c(c1)CCCN2C)N1CCCC1. The first-order chi connectivity index (χ1) is 15.4. The Balaban J connectivity index is 1.46. The molecule has 1 saturated heterocycles. The Morgan fingerprint density at radius 1 is 0.969 bits per heavy atom. The molecule has 2 amide bonds. The van der Waals surface area contributed by atoms with Gasteiger partial charge in [0.1, 0.15) is 0 Å². The number of fused-ring (bicyclic) bond motifs is 1. The second kappa shape index (κ2) is 9.74. The third-order valence-corrected chi connectivity index (χ3v) is 6.80. The molecule has 0 unspecified atom stereocenters. The quantitative estimate of drug-likeness (QED) is 0.706. The van der Waals surface area contributed by atoms with Crippen LogP contribution in [0.5, 0.6) is 0 Å². The van der Waals surface area contributed by atoms with Crippen molar-refractivity contribution in [3.8, 4) is 0 Å². The van der Waals surface area contributed by atoms with Crippen LogP contribution < -0.4 is 15.5 Å². The molecule has 0 aliphatic carbocycles. The molecule has 0 aromatic heterocycles. The van der Waals surface area contributed by atoms with Crippen LogP contribution in [0.4, 0.5) is 11.4 Å². The molecule has 6 nitrogen and oxygen atoms in total. The smallest absolute Gasteiger partial charge is 0.313 e. The number of para-hydroxylation sites is 1. The Labute approximate surface area is 191 Å². The molecule has 0 saturated carbocycles. The lowest BCUT2D eigenvalue weighted by Gasteiger charge is -2.31. The minimum absolute atomic E-state index is 0.0759. The highest BCUT2D eigenvalue weighted by Gasteiger charge is 2.26. The fourth-order valence-corrected chi connectivity index (χ4v) is 4.98. The van der Waals surface area contributed by atoms with Gasteiger partial charge in [-0.1, -0.05) is 30.3 Å². The van der Waals surface area contributed by atoms with Crippen LogP contribution in [0.15, 0.2) is 36.4 Å². The maximum absolute atomic E-state index is 12.6. The van der Waals surface area contributed by atoms with Crippen LogP contribution in [0.2, 0.25) is 0 Å². The summed E-state index contributed by atoms with van der Waals surface area (Å²) in [5, 5.41) is 5.69. The second-order valence-corrected chi connectivity index (χ2v) is 9.10. The van der Waals surface area contributed by atoms with E-state index in [9.17, 15) is 9.59 Å². The molecule has 32 heavy (non-hydrogen) atoms. The lowest BCUT2D eigenvalue weighted by molar-refractivity contribution is -0.136. The van der Waals surface area contributed by atoms with Crippen LogP contribution in [0.1, 0.15) is 47.6 Å². The molecule has 1 fully saturated rings. The van der Waals surface area contributed by atoms with Gasteiger partial charge in [0.05, 0.1) is 6.04 Å². The molecule has 2 aromatic carbocycles. The van der Waals surface area contributed by atoms with Crippen molar-refractivity contribution in [1.82, 2.24) is 10.2 Å². The zero-order valence-electron chi connectivity index (χ0n) is 19.4. The molecular formula is C26H34N4O2. The van der Waals surface area contributed by atoms with Crippen molar-refractivity contribution in [2.75, 3.05) is 43.4 Å². The minimum atomic E-state index is -0.616. The number of carbonyl (C=O) groups is 2. The van der Waals surface area contributed by atoms with Crippen LogP contribution in [0, 0.1) is 13.8 Å². The summed E-state index contributed by atoms with van der Waals surface area (Å²) in [6, 6.07) is 12.6.